The van der Waals surface area contributed by atoms with Crippen LogP contribution in [-0.2, 0) is 6.54 Å². The minimum atomic E-state index is -0.0248. The van der Waals surface area contributed by atoms with Gasteiger partial charge in [0.2, 0.25) is 0 Å². The molecule has 0 spiro atoms. The molecule has 122 valence electrons. The molecule has 0 bridgehead atoms. The van der Waals surface area contributed by atoms with E-state index in [-0.39, 0.29) is 12.1 Å². The van der Waals surface area contributed by atoms with Gasteiger partial charge in [0.25, 0.3) is 0 Å². The highest BCUT2D eigenvalue weighted by atomic mass is 32.1. The molecule has 1 N–H and O–H groups in total. The number of methoxy groups -OCH3 is 1. The lowest BCUT2D eigenvalue weighted by Gasteiger charge is -2.25. The van der Waals surface area contributed by atoms with Crippen molar-refractivity contribution in [1.82, 2.24) is 15.2 Å². The second-order valence-corrected chi connectivity index (χ2v) is 6.61. The van der Waals surface area contributed by atoms with Gasteiger partial charge in [0.05, 0.1) is 19.7 Å². The first kappa shape index (κ1) is 15.8. The van der Waals surface area contributed by atoms with Gasteiger partial charge < -0.3 is 15.0 Å². The summed E-state index contributed by atoms with van der Waals surface area (Å²) in [6.07, 6.45) is 2.00. The van der Waals surface area contributed by atoms with Crippen LogP contribution in [0.3, 0.4) is 0 Å². The minimum Gasteiger partial charge on any atom is -0.497 e. The SMILES string of the molecule is COc1cccc([C@H]2CCCN2C(=O)NCc2nc(C)cs2)c1. The third-order valence-corrected chi connectivity index (χ3v) is 5.02. The Morgan fingerprint density at radius 1 is 1.52 bits per heavy atom. The summed E-state index contributed by atoms with van der Waals surface area (Å²) in [5.74, 6) is 0.827. The smallest absolute Gasteiger partial charge is 0.318 e. The van der Waals surface area contributed by atoms with Gasteiger partial charge in [0.15, 0.2) is 0 Å². The number of likely N-dealkylation sites (tertiary alicyclic amines) is 1. The van der Waals surface area contributed by atoms with Gasteiger partial charge in [0.1, 0.15) is 10.8 Å². The molecule has 1 aromatic heterocycles. The van der Waals surface area contributed by atoms with Crippen molar-refractivity contribution in [2.45, 2.75) is 32.4 Å². The first-order chi connectivity index (χ1) is 11.2. The van der Waals surface area contributed by atoms with E-state index in [1.54, 1.807) is 18.4 Å². The lowest BCUT2D eigenvalue weighted by Crippen LogP contribution is -2.39. The van der Waals surface area contributed by atoms with Crippen molar-refractivity contribution in [3.8, 4) is 5.75 Å². The molecule has 1 saturated heterocycles. The van der Waals surface area contributed by atoms with Crippen LogP contribution in [0.15, 0.2) is 29.6 Å². The lowest BCUT2D eigenvalue weighted by atomic mass is 10.0. The predicted octanol–water partition coefficient (Wildman–Crippen LogP) is 3.51. The Labute approximate surface area is 140 Å². The number of rotatable bonds is 4. The van der Waals surface area contributed by atoms with Gasteiger partial charge in [0, 0.05) is 17.6 Å². The number of benzene rings is 1. The number of hydrogen-bond acceptors (Lipinski definition) is 4. The molecule has 1 aromatic carbocycles. The number of amides is 2. The first-order valence-electron chi connectivity index (χ1n) is 7.77. The van der Waals surface area contributed by atoms with Crippen LogP contribution >= 0.6 is 11.3 Å². The van der Waals surface area contributed by atoms with Gasteiger partial charge in [-0.1, -0.05) is 12.1 Å². The molecular weight excluding hydrogens is 310 g/mol. The number of urea groups is 1. The van der Waals surface area contributed by atoms with Crippen LogP contribution in [0.1, 0.15) is 35.1 Å². The Hall–Kier alpha value is -2.08. The average Bonchev–Trinajstić information content (AvgIpc) is 3.21. The summed E-state index contributed by atoms with van der Waals surface area (Å²) in [6, 6.07) is 8.06. The highest BCUT2D eigenvalue weighted by Gasteiger charge is 2.30. The van der Waals surface area contributed by atoms with E-state index in [9.17, 15) is 4.79 Å². The summed E-state index contributed by atoms with van der Waals surface area (Å²) in [4.78, 5) is 18.8. The van der Waals surface area contributed by atoms with Gasteiger partial charge in [-0.25, -0.2) is 9.78 Å². The number of ether oxygens (including phenoxy) is 1. The van der Waals surface area contributed by atoms with E-state index in [0.29, 0.717) is 6.54 Å². The van der Waals surface area contributed by atoms with Crippen LogP contribution in [0.5, 0.6) is 5.75 Å². The number of aromatic nitrogens is 1. The summed E-state index contributed by atoms with van der Waals surface area (Å²) in [5, 5.41) is 5.92. The zero-order valence-electron chi connectivity index (χ0n) is 13.4. The second kappa shape index (κ2) is 7.00. The fourth-order valence-electron chi connectivity index (χ4n) is 2.94. The van der Waals surface area contributed by atoms with E-state index in [1.165, 1.54) is 0 Å². The molecule has 2 heterocycles. The molecule has 6 heteroatoms. The van der Waals surface area contributed by atoms with Crippen LogP contribution in [-0.4, -0.2) is 29.6 Å². The van der Waals surface area contributed by atoms with Gasteiger partial charge in [-0.2, -0.15) is 0 Å². The zero-order chi connectivity index (χ0) is 16.2. The Bertz CT molecular complexity index is 686. The van der Waals surface area contributed by atoms with Crippen LogP contribution in [0.2, 0.25) is 0 Å². The molecule has 1 aliphatic heterocycles. The molecule has 2 aromatic rings. The first-order valence-corrected chi connectivity index (χ1v) is 8.65. The van der Waals surface area contributed by atoms with Crippen molar-refractivity contribution >= 4 is 17.4 Å². The molecule has 2 amide bonds. The van der Waals surface area contributed by atoms with Crippen LogP contribution in [0, 0.1) is 6.92 Å². The van der Waals surface area contributed by atoms with Gasteiger partial charge >= 0.3 is 6.03 Å². The van der Waals surface area contributed by atoms with Crippen molar-refractivity contribution in [2.75, 3.05) is 13.7 Å². The molecule has 0 aliphatic carbocycles. The van der Waals surface area contributed by atoms with Crippen molar-refractivity contribution in [3.05, 3.63) is 45.9 Å². The Morgan fingerprint density at radius 3 is 3.13 bits per heavy atom. The number of carbonyl (C=O) groups is 1. The fraction of sp³-hybridized carbons (Fsp3) is 0.412. The summed E-state index contributed by atoms with van der Waals surface area (Å²) < 4.78 is 5.29. The van der Waals surface area contributed by atoms with E-state index in [4.69, 9.17) is 4.74 Å². The third kappa shape index (κ3) is 3.64. The second-order valence-electron chi connectivity index (χ2n) is 5.67. The number of nitrogens with one attached hydrogen (secondary N) is 1. The highest BCUT2D eigenvalue weighted by molar-refractivity contribution is 7.09. The normalized spacial score (nSPS) is 17.3. The van der Waals surface area contributed by atoms with Crippen molar-refractivity contribution in [3.63, 3.8) is 0 Å². The molecule has 1 fully saturated rings. The van der Waals surface area contributed by atoms with E-state index in [2.05, 4.69) is 16.4 Å². The van der Waals surface area contributed by atoms with Crippen LogP contribution < -0.4 is 10.1 Å². The molecule has 1 aliphatic rings. The van der Waals surface area contributed by atoms with Crippen molar-refractivity contribution < 1.29 is 9.53 Å². The molecule has 0 radical (unpaired) electrons. The van der Waals surface area contributed by atoms with Crippen molar-refractivity contribution in [2.24, 2.45) is 0 Å². The van der Waals surface area contributed by atoms with Crippen molar-refractivity contribution in [1.29, 1.82) is 0 Å². The van der Waals surface area contributed by atoms with Crippen LogP contribution in [0.4, 0.5) is 4.79 Å². The molecular formula is C17H21N3O2S. The van der Waals surface area contributed by atoms with E-state index >= 15 is 0 Å². The third-order valence-electron chi connectivity index (χ3n) is 4.05. The quantitative estimate of drug-likeness (QED) is 0.933. The maximum atomic E-state index is 12.5. The van der Waals surface area contributed by atoms with Gasteiger partial charge in [-0.15, -0.1) is 11.3 Å². The van der Waals surface area contributed by atoms with E-state index in [1.807, 2.05) is 35.4 Å². The number of carbonyl (C=O) groups excluding carboxylic acids is 1. The molecule has 23 heavy (non-hydrogen) atoms. The summed E-state index contributed by atoms with van der Waals surface area (Å²) in [7, 11) is 1.66. The molecule has 3 rings (SSSR count). The standard InChI is InChI=1S/C17H21N3O2S/c1-12-11-23-16(19-12)10-18-17(21)20-8-4-7-15(20)13-5-3-6-14(9-13)22-2/h3,5-6,9,11,15H,4,7-8,10H2,1-2H3,(H,18,21)/t15-/m1/s1. The maximum Gasteiger partial charge on any atom is 0.318 e. The van der Waals surface area contributed by atoms with Gasteiger partial charge in [-0.3, -0.25) is 0 Å². The largest absolute Gasteiger partial charge is 0.497 e. The van der Waals surface area contributed by atoms with Gasteiger partial charge in [-0.05, 0) is 37.5 Å². The summed E-state index contributed by atoms with van der Waals surface area (Å²) in [5.41, 5.74) is 2.12. The molecule has 0 unspecified atom stereocenters. The Balaban J connectivity index is 1.66. The monoisotopic (exact) mass is 331 g/mol. The van der Waals surface area contributed by atoms with E-state index < -0.39 is 0 Å². The number of hydrogen-bond donors (Lipinski definition) is 1. The number of aryl methyl sites for hydroxylation is 1. The minimum absolute atomic E-state index is 0.0248. The predicted molar refractivity (Wildman–Crippen MR) is 90.8 cm³/mol. The molecule has 1 atom stereocenters. The topological polar surface area (TPSA) is 54.5 Å². The molecule has 0 saturated carbocycles. The Morgan fingerprint density at radius 2 is 2.39 bits per heavy atom. The average molecular weight is 331 g/mol. The zero-order valence-corrected chi connectivity index (χ0v) is 14.2. The van der Waals surface area contributed by atoms with E-state index in [0.717, 1.165) is 41.4 Å². The summed E-state index contributed by atoms with van der Waals surface area (Å²) >= 11 is 1.58. The number of thiazole rings is 1. The fourth-order valence-corrected chi connectivity index (χ4v) is 3.65. The highest BCUT2D eigenvalue weighted by Crippen LogP contribution is 2.33. The van der Waals surface area contributed by atoms with Crippen LogP contribution in [0.25, 0.3) is 0 Å². The maximum absolute atomic E-state index is 12.5. The molecule has 5 nitrogen and oxygen atoms in total. The lowest BCUT2D eigenvalue weighted by molar-refractivity contribution is 0.192. The number of nitrogens with zero attached hydrogens (tertiary/aromatic N) is 2. The Kier molecular flexibility index (Phi) is 4.81. The summed E-state index contributed by atoms with van der Waals surface area (Å²) in [6.45, 7) is 3.23.